The fraction of sp³-hybridized carbons (Fsp3) is 0.148. The Hall–Kier alpha value is -3.52. The normalized spacial score (nSPS) is 12.7. The van der Waals surface area contributed by atoms with Crippen LogP contribution in [0, 0.1) is 0 Å². The maximum atomic E-state index is 11.0. The second-order valence-electron chi connectivity index (χ2n) is 8.37. The molecular formula is C27H25ClN4O2S. The van der Waals surface area contributed by atoms with Gasteiger partial charge in [0, 0.05) is 10.9 Å². The topological polar surface area (TPSA) is 101 Å². The molecule has 35 heavy (non-hydrogen) atoms. The van der Waals surface area contributed by atoms with Crippen molar-refractivity contribution in [1.29, 1.82) is 0 Å². The van der Waals surface area contributed by atoms with Gasteiger partial charge in [0.1, 0.15) is 18.2 Å². The molecule has 0 aliphatic rings. The number of aliphatic carboxylic acids is 1. The van der Waals surface area contributed by atoms with Crippen LogP contribution in [0.25, 0.3) is 32.1 Å². The molecule has 5 aromatic rings. The van der Waals surface area contributed by atoms with E-state index in [2.05, 4.69) is 64.0 Å². The van der Waals surface area contributed by atoms with Gasteiger partial charge in [-0.15, -0.1) is 23.7 Å². The number of aromatic nitrogens is 2. The lowest BCUT2D eigenvalue weighted by molar-refractivity contribution is -0.138. The molecule has 0 saturated carbocycles. The Bertz CT molecular complexity index is 1490. The first-order chi connectivity index (χ1) is 16.5. The van der Waals surface area contributed by atoms with Crippen molar-refractivity contribution in [2.45, 2.75) is 25.4 Å². The van der Waals surface area contributed by atoms with E-state index in [0.717, 1.165) is 32.7 Å². The summed E-state index contributed by atoms with van der Waals surface area (Å²) in [7, 11) is 0. The molecule has 0 bridgehead atoms. The molecule has 0 aliphatic carbocycles. The molecule has 2 aromatic heterocycles. The first-order valence-corrected chi connectivity index (χ1v) is 11.9. The highest BCUT2D eigenvalue weighted by Gasteiger charge is 2.16. The van der Waals surface area contributed by atoms with Gasteiger partial charge < -0.3 is 16.2 Å². The van der Waals surface area contributed by atoms with Crippen LogP contribution in [0.3, 0.4) is 0 Å². The largest absolute Gasteiger partial charge is 0.480 e. The lowest BCUT2D eigenvalue weighted by Gasteiger charge is -2.16. The summed E-state index contributed by atoms with van der Waals surface area (Å²) in [6, 6.07) is 21.8. The number of fused-ring (bicyclic) bond motifs is 2. The van der Waals surface area contributed by atoms with E-state index in [1.807, 2.05) is 30.3 Å². The third-order valence-electron chi connectivity index (χ3n) is 6.02. The van der Waals surface area contributed by atoms with Gasteiger partial charge >= 0.3 is 5.97 Å². The molecule has 0 saturated heterocycles. The van der Waals surface area contributed by atoms with Crippen molar-refractivity contribution in [1.82, 2.24) is 9.97 Å². The van der Waals surface area contributed by atoms with Crippen LogP contribution in [0.1, 0.15) is 24.1 Å². The molecule has 2 heterocycles. The Balaban J connectivity index is 0.00000289. The molecule has 0 fully saturated rings. The van der Waals surface area contributed by atoms with Crippen molar-refractivity contribution in [3.63, 3.8) is 0 Å². The number of hydrogen-bond donors (Lipinski definition) is 3. The molecule has 2 unspecified atom stereocenters. The Morgan fingerprint density at radius 3 is 2.54 bits per heavy atom. The fourth-order valence-corrected chi connectivity index (χ4v) is 5.07. The van der Waals surface area contributed by atoms with Crippen molar-refractivity contribution in [3.8, 4) is 11.1 Å². The van der Waals surface area contributed by atoms with Crippen molar-refractivity contribution in [2.75, 3.05) is 5.32 Å². The summed E-state index contributed by atoms with van der Waals surface area (Å²) >= 11 is 1.61. The maximum Gasteiger partial charge on any atom is 0.320 e. The van der Waals surface area contributed by atoms with Crippen molar-refractivity contribution >= 4 is 56.5 Å². The Kier molecular flexibility index (Phi) is 7.31. The zero-order chi connectivity index (χ0) is 23.7. The number of nitrogens with zero attached hydrogens (tertiary/aromatic N) is 2. The van der Waals surface area contributed by atoms with E-state index in [-0.39, 0.29) is 18.4 Å². The van der Waals surface area contributed by atoms with E-state index < -0.39 is 12.0 Å². The summed E-state index contributed by atoms with van der Waals surface area (Å²) < 4.78 is 1.00. The fourth-order valence-electron chi connectivity index (χ4n) is 4.09. The van der Waals surface area contributed by atoms with E-state index in [9.17, 15) is 4.79 Å². The first kappa shape index (κ1) is 24.6. The zero-order valence-electron chi connectivity index (χ0n) is 19.0. The van der Waals surface area contributed by atoms with Crippen LogP contribution >= 0.6 is 23.7 Å². The van der Waals surface area contributed by atoms with Crippen molar-refractivity contribution in [3.05, 3.63) is 89.6 Å². The highest BCUT2D eigenvalue weighted by atomic mass is 35.5. The number of nitrogens with two attached hydrogens (primary N) is 1. The molecule has 0 radical (unpaired) electrons. The van der Waals surface area contributed by atoms with E-state index in [1.54, 1.807) is 17.7 Å². The van der Waals surface area contributed by atoms with Gasteiger partial charge in [-0.25, -0.2) is 9.97 Å². The SMILES string of the molecule is CC(Nc1ncnc2c(-c3ccc(CC(N)C(=O)O)cc3)csc12)c1ccc2ccccc2c1.Cl. The Labute approximate surface area is 213 Å². The standard InChI is InChI=1S/C27H24N4O2S.ClH/c1-16(20-11-10-18-4-2-3-5-21(18)13-20)31-26-25-24(29-15-30-26)22(14-34-25)19-8-6-17(7-9-19)12-23(28)27(32)33;/h2-11,13-16,23H,12,28H2,1H3,(H,32,33)(H,29,30,31);1H. The highest BCUT2D eigenvalue weighted by molar-refractivity contribution is 7.18. The number of anilines is 1. The average molecular weight is 505 g/mol. The minimum atomic E-state index is -0.998. The summed E-state index contributed by atoms with van der Waals surface area (Å²) in [5.74, 6) is -0.187. The zero-order valence-corrected chi connectivity index (χ0v) is 20.6. The number of halogens is 1. The summed E-state index contributed by atoms with van der Waals surface area (Å²) in [6.45, 7) is 2.13. The second-order valence-corrected chi connectivity index (χ2v) is 9.25. The lowest BCUT2D eigenvalue weighted by Crippen LogP contribution is -2.32. The van der Waals surface area contributed by atoms with Crippen molar-refractivity contribution in [2.24, 2.45) is 5.73 Å². The monoisotopic (exact) mass is 504 g/mol. The number of carboxylic acid groups (broad SMARTS) is 1. The van der Waals surface area contributed by atoms with Gasteiger partial charge in [0.05, 0.1) is 16.3 Å². The van der Waals surface area contributed by atoms with Crippen LogP contribution in [0.2, 0.25) is 0 Å². The average Bonchev–Trinajstić information content (AvgIpc) is 3.29. The number of benzene rings is 3. The summed E-state index contributed by atoms with van der Waals surface area (Å²) in [5, 5.41) is 17.1. The quantitative estimate of drug-likeness (QED) is 0.249. The van der Waals surface area contributed by atoms with Crippen LogP contribution in [0.5, 0.6) is 0 Å². The van der Waals surface area contributed by atoms with Crippen LogP contribution in [-0.4, -0.2) is 27.1 Å². The van der Waals surface area contributed by atoms with Crippen LogP contribution in [0.15, 0.2) is 78.4 Å². The van der Waals surface area contributed by atoms with Gasteiger partial charge in [-0.1, -0.05) is 60.7 Å². The third-order valence-corrected chi connectivity index (χ3v) is 6.99. The molecule has 3 aromatic carbocycles. The first-order valence-electron chi connectivity index (χ1n) is 11.0. The van der Waals surface area contributed by atoms with Crippen LogP contribution in [-0.2, 0) is 11.2 Å². The van der Waals surface area contributed by atoms with Crippen LogP contribution in [0.4, 0.5) is 5.82 Å². The highest BCUT2D eigenvalue weighted by Crippen LogP contribution is 2.37. The predicted octanol–water partition coefficient (Wildman–Crippen LogP) is 6.06. The molecule has 0 aliphatic heterocycles. The van der Waals surface area contributed by atoms with Gasteiger partial charge in [0.2, 0.25) is 0 Å². The Morgan fingerprint density at radius 1 is 1.06 bits per heavy atom. The summed E-state index contributed by atoms with van der Waals surface area (Å²) in [5.41, 5.74) is 10.7. The predicted molar refractivity (Wildman–Crippen MR) is 145 cm³/mol. The summed E-state index contributed by atoms with van der Waals surface area (Å²) in [4.78, 5) is 20.1. The lowest BCUT2D eigenvalue weighted by atomic mass is 10.0. The van der Waals surface area contributed by atoms with Gasteiger partial charge in [-0.2, -0.15) is 0 Å². The molecule has 8 heteroatoms. The minimum absolute atomic E-state index is 0. The summed E-state index contributed by atoms with van der Waals surface area (Å²) in [6.07, 6.45) is 1.89. The number of thiophene rings is 1. The van der Waals surface area contributed by atoms with Crippen molar-refractivity contribution < 1.29 is 9.90 Å². The molecule has 0 amide bonds. The number of carboxylic acids is 1. The number of nitrogens with one attached hydrogen (secondary N) is 1. The number of carbonyl (C=O) groups is 1. The van der Waals surface area contributed by atoms with E-state index in [4.69, 9.17) is 10.8 Å². The van der Waals surface area contributed by atoms with Gasteiger partial charge in [-0.05, 0) is 46.9 Å². The number of hydrogen-bond acceptors (Lipinski definition) is 6. The third kappa shape index (κ3) is 5.12. The molecule has 0 spiro atoms. The molecule has 178 valence electrons. The maximum absolute atomic E-state index is 11.0. The van der Waals surface area contributed by atoms with E-state index in [1.165, 1.54) is 16.3 Å². The van der Waals surface area contributed by atoms with Gasteiger partial charge in [-0.3, -0.25) is 4.79 Å². The molecule has 2 atom stereocenters. The number of rotatable bonds is 7. The molecule has 4 N–H and O–H groups in total. The molecule has 5 rings (SSSR count). The second kappa shape index (κ2) is 10.4. The minimum Gasteiger partial charge on any atom is -0.480 e. The van der Waals surface area contributed by atoms with E-state index >= 15 is 0 Å². The molecular weight excluding hydrogens is 480 g/mol. The van der Waals surface area contributed by atoms with Gasteiger partial charge in [0.25, 0.3) is 0 Å². The van der Waals surface area contributed by atoms with E-state index in [0.29, 0.717) is 6.42 Å². The Morgan fingerprint density at radius 2 is 1.80 bits per heavy atom. The van der Waals surface area contributed by atoms with Gasteiger partial charge in [0.15, 0.2) is 0 Å². The smallest absolute Gasteiger partial charge is 0.320 e. The van der Waals surface area contributed by atoms with Crippen LogP contribution < -0.4 is 11.1 Å². The molecule has 6 nitrogen and oxygen atoms in total.